The summed E-state index contributed by atoms with van der Waals surface area (Å²) >= 11 is 6.01. The van der Waals surface area contributed by atoms with Crippen molar-refractivity contribution in [2.75, 3.05) is 6.54 Å². The van der Waals surface area contributed by atoms with Crippen LogP contribution in [0.5, 0.6) is 0 Å². The molecule has 4 nitrogen and oxygen atoms in total. The molecule has 4 rings (SSSR count). The molecule has 0 bridgehead atoms. The van der Waals surface area contributed by atoms with Crippen LogP contribution in [0.2, 0.25) is 5.02 Å². The van der Waals surface area contributed by atoms with E-state index in [1.54, 1.807) is 23.1 Å². The zero-order valence-electron chi connectivity index (χ0n) is 15.1. The van der Waals surface area contributed by atoms with Crippen molar-refractivity contribution in [3.05, 3.63) is 92.3 Å². The van der Waals surface area contributed by atoms with Crippen LogP contribution in [0.15, 0.2) is 58.3 Å². The molecular weight excluding hydrogens is 362 g/mol. The van der Waals surface area contributed by atoms with Crippen molar-refractivity contribution in [2.45, 2.75) is 19.9 Å². The molecule has 0 spiro atoms. The predicted octanol–water partition coefficient (Wildman–Crippen LogP) is 4.79. The summed E-state index contributed by atoms with van der Waals surface area (Å²) in [4.78, 5) is 28.0. The van der Waals surface area contributed by atoms with Crippen LogP contribution in [0.25, 0.3) is 11.0 Å². The molecule has 1 aliphatic rings. The number of carbonyl (C=O) groups excluding carboxylic acids is 1. The number of carbonyl (C=O) groups is 1. The molecule has 0 saturated carbocycles. The van der Waals surface area contributed by atoms with E-state index in [-0.39, 0.29) is 17.1 Å². The van der Waals surface area contributed by atoms with Gasteiger partial charge in [-0.3, -0.25) is 9.59 Å². The van der Waals surface area contributed by atoms with Gasteiger partial charge in [0.1, 0.15) is 5.58 Å². The van der Waals surface area contributed by atoms with E-state index < -0.39 is 6.04 Å². The van der Waals surface area contributed by atoms with Gasteiger partial charge in [0.2, 0.25) is 5.76 Å². The summed E-state index contributed by atoms with van der Waals surface area (Å²) in [5.41, 5.74) is 3.29. The van der Waals surface area contributed by atoms with E-state index in [4.69, 9.17) is 16.0 Å². The zero-order valence-corrected chi connectivity index (χ0v) is 15.8. The Hall–Kier alpha value is -2.85. The second-order valence-electron chi connectivity index (χ2n) is 6.83. The molecule has 1 amide bonds. The van der Waals surface area contributed by atoms with Crippen molar-refractivity contribution in [3.63, 3.8) is 0 Å². The van der Waals surface area contributed by atoms with E-state index in [1.165, 1.54) is 0 Å². The van der Waals surface area contributed by atoms with E-state index in [9.17, 15) is 9.59 Å². The molecule has 136 valence electrons. The Labute approximate surface area is 161 Å². The molecule has 2 heterocycles. The molecule has 2 aromatic carbocycles. The standard InChI is InChI=1S/C22H18ClNO3/c1-4-9-24-18(14-5-7-15(23)8-6-14)17-19(25)16-11-12(2)10-13(3)20(16)27-21(17)22(24)26/h4-8,10-11,18H,1,9H2,2-3H3. The maximum atomic E-state index is 13.4. The minimum absolute atomic E-state index is 0.112. The lowest BCUT2D eigenvalue weighted by Crippen LogP contribution is -2.29. The van der Waals surface area contributed by atoms with Crippen molar-refractivity contribution >= 4 is 28.5 Å². The van der Waals surface area contributed by atoms with Gasteiger partial charge >= 0.3 is 0 Å². The van der Waals surface area contributed by atoms with E-state index in [0.29, 0.717) is 28.1 Å². The third-order valence-corrected chi connectivity index (χ3v) is 5.16. The smallest absolute Gasteiger partial charge is 0.291 e. The molecular formula is C22H18ClNO3. The van der Waals surface area contributed by atoms with Gasteiger partial charge in [0.05, 0.1) is 17.0 Å². The first-order valence-electron chi connectivity index (χ1n) is 8.67. The SMILES string of the molecule is C=CCN1C(=O)c2oc3c(C)cc(C)cc3c(=O)c2C1c1ccc(Cl)cc1. The van der Waals surface area contributed by atoms with E-state index >= 15 is 0 Å². The summed E-state index contributed by atoms with van der Waals surface area (Å²) in [6.07, 6.45) is 1.65. The van der Waals surface area contributed by atoms with Crippen LogP contribution >= 0.6 is 11.6 Å². The van der Waals surface area contributed by atoms with Gasteiger partial charge in [-0.05, 0) is 48.7 Å². The van der Waals surface area contributed by atoms with Crippen molar-refractivity contribution in [2.24, 2.45) is 0 Å². The highest BCUT2D eigenvalue weighted by Gasteiger charge is 2.42. The molecule has 0 radical (unpaired) electrons. The highest BCUT2D eigenvalue weighted by atomic mass is 35.5. The van der Waals surface area contributed by atoms with Gasteiger partial charge in [-0.2, -0.15) is 0 Å². The summed E-state index contributed by atoms with van der Waals surface area (Å²) in [6.45, 7) is 7.87. The van der Waals surface area contributed by atoms with Crippen LogP contribution in [-0.2, 0) is 0 Å². The summed E-state index contributed by atoms with van der Waals surface area (Å²) in [5.74, 6) is -0.190. The van der Waals surface area contributed by atoms with E-state index in [2.05, 4.69) is 6.58 Å². The molecule has 1 atom stereocenters. The first-order valence-corrected chi connectivity index (χ1v) is 9.05. The van der Waals surface area contributed by atoms with Crippen LogP contribution in [0.1, 0.15) is 38.9 Å². The van der Waals surface area contributed by atoms with Crippen molar-refractivity contribution in [3.8, 4) is 0 Å². The lowest BCUT2D eigenvalue weighted by atomic mass is 9.97. The summed E-state index contributed by atoms with van der Waals surface area (Å²) in [5, 5.41) is 1.09. The van der Waals surface area contributed by atoms with Crippen molar-refractivity contribution in [1.82, 2.24) is 4.90 Å². The zero-order chi connectivity index (χ0) is 19.3. The Morgan fingerprint density at radius 1 is 1.19 bits per heavy atom. The number of hydrogen-bond donors (Lipinski definition) is 0. The Bertz CT molecular complexity index is 1140. The number of rotatable bonds is 3. The highest BCUT2D eigenvalue weighted by Crippen LogP contribution is 2.38. The number of amides is 1. The van der Waals surface area contributed by atoms with Crippen molar-refractivity contribution < 1.29 is 9.21 Å². The van der Waals surface area contributed by atoms with Gasteiger partial charge in [0.15, 0.2) is 5.43 Å². The van der Waals surface area contributed by atoms with E-state index in [0.717, 1.165) is 16.7 Å². The van der Waals surface area contributed by atoms with Crippen LogP contribution in [-0.4, -0.2) is 17.4 Å². The number of benzene rings is 2. The molecule has 5 heteroatoms. The fourth-order valence-electron chi connectivity index (χ4n) is 3.79. The minimum atomic E-state index is -0.524. The Balaban J connectivity index is 2.05. The molecule has 0 N–H and O–H groups in total. The normalized spacial score (nSPS) is 16.0. The molecule has 1 aromatic heterocycles. The lowest BCUT2D eigenvalue weighted by Gasteiger charge is -2.23. The molecule has 0 saturated heterocycles. The predicted molar refractivity (Wildman–Crippen MR) is 106 cm³/mol. The molecule has 27 heavy (non-hydrogen) atoms. The average molecular weight is 380 g/mol. The molecule has 1 aliphatic heterocycles. The average Bonchev–Trinajstić information content (AvgIpc) is 2.90. The fourth-order valence-corrected chi connectivity index (χ4v) is 3.92. The van der Waals surface area contributed by atoms with Gasteiger partial charge in [-0.1, -0.05) is 35.9 Å². The van der Waals surface area contributed by atoms with Gasteiger partial charge in [-0.15, -0.1) is 6.58 Å². The van der Waals surface area contributed by atoms with Gasteiger partial charge in [-0.25, -0.2) is 0 Å². The van der Waals surface area contributed by atoms with Gasteiger partial charge < -0.3 is 9.32 Å². The molecule has 0 aliphatic carbocycles. The fraction of sp³-hybridized carbons (Fsp3) is 0.182. The minimum Gasteiger partial charge on any atom is -0.450 e. The summed E-state index contributed by atoms with van der Waals surface area (Å²) in [6, 6.07) is 10.4. The number of fused-ring (bicyclic) bond motifs is 2. The third kappa shape index (κ3) is 2.68. The van der Waals surface area contributed by atoms with Gasteiger partial charge in [0, 0.05) is 11.6 Å². The largest absolute Gasteiger partial charge is 0.450 e. The second kappa shape index (κ2) is 6.39. The second-order valence-corrected chi connectivity index (χ2v) is 7.27. The Morgan fingerprint density at radius 3 is 2.56 bits per heavy atom. The molecule has 0 fully saturated rings. The number of aryl methyl sites for hydroxylation is 2. The van der Waals surface area contributed by atoms with Crippen LogP contribution in [0.4, 0.5) is 0 Å². The number of halogens is 1. The number of hydrogen-bond acceptors (Lipinski definition) is 3. The molecule has 1 unspecified atom stereocenters. The number of nitrogens with zero attached hydrogens (tertiary/aromatic N) is 1. The maximum Gasteiger partial charge on any atom is 0.291 e. The Kier molecular flexibility index (Phi) is 4.16. The van der Waals surface area contributed by atoms with Gasteiger partial charge in [0.25, 0.3) is 5.91 Å². The Morgan fingerprint density at radius 2 is 1.89 bits per heavy atom. The van der Waals surface area contributed by atoms with Crippen LogP contribution in [0.3, 0.4) is 0 Å². The van der Waals surface area contributed by atoms with E-state index in [1.807, 2.05) is 38.1 Å². The van der Waals surface area contributed by atoms with Crippen LogP contribution < -0.4 is 5.43 Å². The highest BCUT2D eigenvalue weighted by molar-refractivity contribution is 6.30. The maximum absolute atomic E-state index is 13.4. The summed E-state index contributed by atoms with van der Waals surface area (Å²) < 4.78 is 5.98. The van der Waals surface area contributed by atoms with Crippen molar-refractivity contribution in [1.29, 1.82) is 0 Å². The first-order chi connectivity index (χ1) is 12.9. The topological polar surface area (TPSA) is 50.5 Å². The van der Waals surface area contributed by atoms with Crippen LogP contribution in [0, 0.1) is 13.8 Å². The summed E-state index contributed by atoms with van der Waals surface area (Å²) in [7, 11) is 0. The molecule has 3 aromatic rings. The lowest BCUT2D eigenvalue weighted by molar-refractivity contribution is 0.0748. The quantitative estimate of drug-likeness (QED) is 0.614. The third-order valence-electron chi connectivity index (χ3n) is 4.91. The monoisotopic (exact) mass is 379 g/mol. The first kappa shape index (κ1) is 17.6.